The Kier molecular flexibility index (Phi) is 3.26. The number of benzene rings is 1. The van der Waals surface area contributed by atoms with E-state index in [4.69, 9.17) is 14.9 Å². The van der Waals surface area contributed by atoms with E-state index in [0.29, 0.717) is 11.4 Å². The lowest BCUT2D eigenvalue weighted by molar-refractivity contribution is 0.506. The van der Waals surface area contributed by atoms with Crippen molar-refractivity contribution in [2.45, 2.75) is 6.54 Å². The fourth-order valence-corrected chi connectivity index (χ4v) is 1.50. The Morgan fingerprint density at radius 2 is 2.00 bits per heavy atom. The van der Waals surface area contributed by atoms with Crippen molar-refractivity contribution in [1.29, 1.82) is 10.5 Å². The third-order valence-electron chi connectivity index (χ3n) is 2.35. The molecule has 5 heteroatoms. The molecule has 0 amide bonds. The molecule has 88 valence electrons. The number of nitrogens with one attached hydrogen (secondary N) is 1. The van der Waals surface area contributed by atoms with Gasteiger partial charge in [0.1, 0.15) is 29.3 Å². The molecule has 2 rings (SSSR count). The van der Waals surface area contributed by atoms with Gasteiger partial charge in [-0.25, -0.2) is 4.39 Å². The number of anilines is 1. The largest absolute Gasteiger partial charge is 0.449 e. The molecule has 18 heavy (non-hydrogen) atoms. The van der Waals surface area contributed by atoms with E-state index < -0.39 is 5.82 Å². The zero-order valence-corrected chi connectivity index (χ0v) is 9.27. The molecule has 1 aromatic carbocycles. The van der Waals surface area contributed by atoms with E-state index in [1.807, 2.05) is 6.07 Å². The maximum absolute atomic E-state index is 13.3. The summed E-state index contributed by atoms with van der Waals surface area (Å²) in [6, 6.07) is 11.2. The third-order valence-corrected chi connectivity index (χ3v) is 2.35. The van der Waals surface area contributed by atoms with Gasteiger partial charge in [0.25, 0.3) is 0 Å². The van der Waals surface area contributed by atoms with Crippen LogP contribution in [0.2, 0.25) is 0 Å². The molecule has 0 radical (unpaired) electrons. The van der Waals surface area contributed by atoms with E-state index in [1.54, 1.807) is 24.3 Å². The third kappa shape index (κ3) is 2.31. The van der Waals surface area contributed by atoms with Crippen LogP contribution in [0, 0.1) is 28.5 Å². The molecule has 0 saturated carbocycles. The molecule has 0 fully saturated rings. The number of halogens is 1. The number of hydrogen-bond donors (Lipinski definition) is 1. The zero-order valence-electron chi connectivity index (χ0n) is 9.27. The molecular weight excluding hydrogens is 233 g/mol. The van der Waals surface area contributed by atoms with E-state index in [0.717, 1.165) is 0 Å². The van der Waals surface area contributed by atoms with Crippen molar-refractivity contribution < 1.29 is 8.81 Å². The number of nitriles is 2. The van der Waals surface area contributed by atoms with E-state index >= 15 is 0 Å². The van der Waals surface area contributed by atoms with Crippen molar-refractivity contribution in [3.05, 3.63) is 53.2 Å². The Bertz CT molecular complexity index is 649. The van der Waals surface area contributed by atoms with Crippen LogP contribution in [0.3, 0.4) is 0 Å². The molecule has 0 bridgehead atoms. The lowest BCUT2D eigenvalue weighted by atomic mass is 10.2. The fraction of sp³-hybridized carbons (Fsp3) is 0.0769. The Hall–Kier alpha value is -2.79. The van der Waals surface area contributed by atoms with E-state index in [2.05, 4.69) is 5.32 Å². The van der Waals surface area contributed by atoms with Gasteiger partial charge in [-0.2, -0.15) is 10.5 Å². The van der Waals surface area contributed by atoms with Gasteiger partial charge in [-0.3, -0.25) is 0 Å². The minimum atomic E-state index is -0.570. The molecule has 0 aliphatic heterocycles. The zero-order chi connectivity index (χ0) is 13.0. The molecule has 2 aromatic rings. The van der Waals surface area contributed by atoms with E-state index in [-0.39, 0.29) is 17.9 Å². The average Bonchev–Trinajstić information content (AvgIpc) is 2.84. The summed E-state index contributed by atoms with van der Waals surface area (Å²) >= 11 is 0. The van der Waals surface area contributed by atoms with Gasteiger partial charge in [-0.1, -0.05) is 6.07 Å². The van der Waals surface area contributed by atoms with Gasteiger partial charge >= 0.3 is 0 Å². The summed E-state index contributed by atoms with van der Waals surface area (Å²) in [4.78, 5) is 0. The highest BCUT2D eigenvalue weighted by atomic mass is 19.1. The molecule has 1 aromatic heterocycles. The van der Waals surface area contributed by atoms with Crippen molar-refractivity contribution in [3.8, 4) is 12.1 Å². The summed E-state index contributed by atoms with van der Waals surface area (Å²) in [7, 11) is 0. The van der Waals surface area contributed by atoms with Crippen LogP contribution in [0.1, 0.15) is 17.1 Å². The summed E-state index contributed by atoms with van der Waals surface area (Å²) < 4.78 is 18.5. The van der Waals surface area contributed by atoms with Crippen molar-refractivity contribution in [1.82, 2.24) is 0 Å². The second kappa shape index (κ2) is 5.03. The van der Waals surface area contributed by atoms with Crippen LogP contribution in [0.25, 0.3) is 0 Å². The molecule has 0 aliphatic carbocycles. The van der Waals surface area contributed by atoms with Crippen molar-refractivity contribution >= 4 is 5.69 Å². The summed E-state index contributed by atoms with van der Waals surface area (Å²) in [6.07, 6.45) is 0. The Balaban J connectivity index is 2.14. The highest BCUT2D eigenvalue weighted by Crippen LogP contribution is 2.19. The lowest BCUT2D eigenvalue weighted by Gasteiger charge is -2.06. The second-order valence-electron chi connectivity index (χ2n) is 3.51. The Morgan fingerprint density at radius 1 is 1.17 bits per heavy atom. The van der Waals surface area contributed by atoms with Crippen LogP contribution >= 0.6 is 0 Å². The minimum Gasteiger partial charge on any atom is -0.449 e. The Morgan fingerprint density at radius 3 is 2.67 bits per heavy atom. The van der Waals surface area contributed by atoms with Crippen molar-refractivity contribution in [2.75, 3.05) is 5.32 Å². The first-order valence-corrected chi connectivity index (χ1v) is 5.16. The predicted octanol–water partition coefficient (Wildman–Crippen LogP) is 2.77. The van der Waals surface area contributed by atoms with Crippen LogP contribution in [-0.4, -0.2) is 0 Å². The minimum absolute atomic E-state index is 0.0374. The second-order valence-corrected chi connectivity index (χ2v) is 3.51. The van der Waals surface area contributed by atoms with Crippen LogP contribution in [0.4, 0.5) is 10.1 Å². The maximum Gasteiger partial charge on any atom is 0.203 e. The normalized spacial score (nSPS) is 9.50. The molecule has 0 aliphatic rings. The molecule has 0 atom stereocenters. The van der Waals surface area contributed by atoms with Crippen LogP contribution in [0.15, 0.2) is 34.7 Å². The van der Waals surface area contributed by atoms with Gasteiger partial charge in [-0.05, 0) is 24.3 Å². The SMILES string of the molecule is N#Cc1ccc(CNc2cccc(F)c2C#N)o1. The summed E-state index contributed by atoms with van der Waals surface area (Å²) in [5.74, 6) is 0.186. The first-order chi connectivity index (χ1) is 8.74. The summed E-state index contributed by atoms with van der Waals surface area (Å²) in [6.45, 7) is 0.278. The summed E-state index contributed by atoms with van der Waals surface area (Å²) in [5.41, 5.74) is 0.358. The lowest BCUT2D eigenvalue weighted by Crippen LogP contribution is -2.01. The highest BCUT2D eigenvalue weighted by molar-refractivity contribution is 5.57. The quantitative estimate of drug-likeness (QED) is 0.896. The smallest absolute Gasteiger partial charge is 0.203 e. The molecule has 0 unspecified atom stereocenters. The first-order valence-electron chi connectivity index (χ1n) is 5.16. The van der Waals surface area contributed by atoms with Gasteiger partial charge in [0.15, 0.2) is 0 Å². The van der Waals surface area contributed by atoms with E-state index in [9.17, 15) is 4.39 Å². The molecule has 1 heterocycles. The maximum atomic E-state index is 13.3. The van der Waals surface area contributed by atoms with Gasteiger partial charge < -0.3 is 9.73 Å². The number of nitrogens with zero attached hydrogens (tertiary/aromatic N) is 2. The number of rotatable bonds is 3. The Labute approximate surface area is 103 Å². The molecule has 4 nitrogen and oxygen atoms in total. The number of hydrogen-bond acceptors (Lipinski definition) is 4. The molecule has 0 saturated heterocycles. The van der Waals surface area contributed by atoms with Crippen molar-refractivity contribution in [2.24, 2.45) is 0 Å². The van der Waals surface area contributed by atoms with Crippen LogP contribution in [0.5, 0.6) is 0 Å². The van der Waals surface area contributed by atoms with Gasteiger partial charge in [-0.15, -0.1) is 0 Å². The number of furan rings is 1. The van der Waals surface area contributed by atoms with Crippen molar-refractivity contribution in [3.63, 3.8) is 0 Å². The van der Waals surface area contributed by atoms with Gasteiger partial charge in [0.2, 0.25) is 5.76 Å². The summed E-state index contributed by atoms with van der Waals surface area (Å²) in [5, 5.41) is 20.3. The topological polar surface area (TPSA) is 72.8 Å². The monoisotopic (exact) mass is 241 g/mol. The predicted molar refractivity (Wildman–Crippen MR) is 61.9 cm³/mol. The fourth-order valence-electron chi connectivity index (χ4n) is 1.50. The van der Waals surface area contributed by atoms with Gasteiger partial charge in [0, 0.05) is 0 Å². The average molecular weight is 241 g/mol. The van der Waals surface area contributed by atoms with Crippen LogP contribution in [-0.2, 0) is 6.54 Å². The van der Waals surface area contributed by atoms with Gasteiger partial charge in [0.05, 0.1) is 12.2 Å². The standard InChI is InChI=1S/C13H8FN3O/c14-12-2-1-3-13(11(12)7-16)17-8-10-5-4-9(6-15)18-10/h1-5,17H,8H2. The van der Waals surface area contributed by atoms with Crippen LogP contribution < -0.4 is 5.32 Å². The van der Waals surface area contributed by atoms with E-state index in [1.165, 1.54) is 12.1 Å². The molecule has 0 spiro atoms. The molecule has 1 N–H and O–H groups in total. The highest BCUT2D eigenvalue weighted by Gasteiger charge is 2.08. The molecular formula is C13H8FN3O. The first kappa shape index (κ1) is 11.7.